The van der Waals surface area contributed by atoms with Gasteiger partial charge >= 0.3 is 0 Å². The molecule has 7 heteroatoms. The van der Waals surface area contributed by atoms with Gasteiger partial charge in [0.2, 0.25) is 0 Å². The average Bonchev–Trinajstić information content (AvgIpc) is 2.90. The summed E-state index contributed by atoms with van der Waals surface area (Å²) < 4.78 is 1.06. The molecule has 4 nitrogen and oxygen atoms in total. The van der Waals surface area contributed by atoms with Crippen LogP contribution >= 0.6 is 35.3 Å². The summed E-state index contributed by atoms with van der Waals surface area (Å²) in [5, 5.41) is 4.53. The number of fused-ring (bicyclic) bond motifs is 1. The number of likely N-dealkylation sites (N-methyl/N-ethyl adjacent to an activating group) is 1. The Kier molecular flexibility index (Phi) is 7.32. The lowest BCUT2D eigenvalue weighted by atomic mass is 10.2. The standard InChI is InChI=1S/C17H22ClN3OS.ClH/c1-20-9-11-21(12-10-20)8-4-7-19-17(22)16-15(18)13-5-2-3-6-14(13)23-16;/h2-3,5-6H,4,7-12H2,1H3,(H,19,22);1H. The molecule has 0 unspecified atom stereocenters. The number of amides is 1. The summed E-state index contributed by atoms with van der Waals surface area (Å²) in [6.07, 6.45) is 0.970. The second-order valence-corrected chi connectivity index (χ2v) is 7.43. The van der Waals surface area contributed by atoms with Crippen LogP contribution in [0.4, 0.5) is 0 Å². The van der Waals surface area contributed by atoms with Crippen molar-refractivity contribution in [2.75, 3.05) is 46.3 Å². The van der Waals surface area contributed by atoms with Gasteiger partial charge in [-0.1, -0.05) is 29.8 Å². The molecule has 0 radical (unpaired) electrons. The number of hydrogen-bond acceptors (Lipinski definition) is 4. The summed E-state index contributed by atoms with van der Waals surface area (Å²) in [4.78, 5) is 17.7. The van der Waals surface area contributed by atoms with Crippen molar-refractivity contribution in [2.45, 2.75) is 6.42 Å². The number of carbonyl (C=O) groups is 1. The Morgan fingerprint density at radius 1 is 1.25 bits per heavy atom. The van der Waals surface area contributed by atoms with Crippen LogP contribution in [0.25, 0.3) is 10.1 Å². The van der Waals surface area contributed by atoms with Gasteiger partial charge in [-0.15, -0.1) is 23.7 Å². The van der Waals surface area contributed by atoms with E-state index in [9.17, 15) is 4.79 Å². The number of hydrogen-bond donors (Lipinski definition) is 1. The summed E-state index contributed by atoms with van der Waals surface area (Å²) >= 11 is 7.80. The van der Waals surface area contributed by atoms with Crippen LogP contribution in [0.1, 0.15) is 16.1 Å². The molecular weight excluding hydrogens is 365 g/mol. The maximum atomic E-state index is 12.3. The van der Waals surface area contributed by atoms with Crippen molar-refractivity contribution in [3.63, 3.8) is 0 Å². The van der Waals surface area contributed by atoms with Crippen LogP contribution < -0.4 is 5.32 Å². The van der Waals surface area contributed by atoms with Crippen LogP contribution in [0.15, 0.2) is 24.3 Å². The van der Waals surface area contributed by atoms with Gasteiger partial charge in [-0.2, -0.15) is 0 Å². The first-order chi connectivity index (χ1) is 11.1. The van der Waals surface area contributed by atoms with Gasteiger partial charge in [0, 0.05) is 42.8 Å². The SMILES string of the molecule is CN1CCN(CCCNC(=O)c2sc3ccccc3c2Cl)CC1.Cl. The lowest BCUT2D eigenvalue weighted by molar-refractivity contribution is 0.0953. The highest BCUT2D eigenvalue weighted by Gasteiger charge is 2.17. The minimum atomic E-state index is -0.0606. The number of benzene rings is 1. The maximum Gasteiger partial charge on any atom is 0.262 e. The number of carbonyl (C=O) groups excluding carboxylic acids is 1. The normalized spacial score (nSPS) is 16.1. The molecule has 132 valence electrons. The molecule has 1 N–H and O–H groups in total. The van der Waals surface area contributed by atoms with Gasteiger partial charge in [-0.3, -0.25) is 4.79 Å². The van der Waals surface area contributed by atoms with Gasteiger partial charge in [0.1, 0.15) is 4.88 Å². The van der Waals surface area contributed by atoms with Gasteiger partial charge in [0.05, 0.1) is 5.02 Å². The minimum Gasteiger partial charge on any atom is -0.351 e. The highest BCUT2D eigenvalue weighted by atomic mass is 35.5. The van der Waals surface area contributed by atoms with E-state index in [1.54, 1.807) is 0 Å². The summed E-state index contributed by atoms with van der Waals surface area (Å²) in [5.74, 6) is -0.0606. The van der Waals surface area contributed by atoms with Crippen LogP contribution in [0, 0.1) is 0 Å². The Morgan fingerprint density at radius 3 is 2.67 bits per heavy atom. The van der Waals surface area contributed by atoms with Crippen LogP contribution in [0.2, 0.25) is 5.02 Å². The van der Waals surface area contributed by atoms with Crippen molar-refractivity contribution in [2.24, 2.45) is 0 Å². The van der Waals surface area contributed by atoms with E-state index in [4.69, 9.17) is 11.6 Å². The molecule has 1 aliphatic rings. The number of halogens is 2. The molecule has 3 rings (SSSR count). The zero-order valence-corrected chi connectivity index (χ0v) is 16.1. The first-order valence-corrected chi connectivity index (χ1v) is 9.21. The molecule has 0 bridgehead atoms. The van der Waals surface area contributed by atoms with Crippen LogP contribution in [0.3, 0.4) is 0 Å². The van der Waals surface area contributed by atoms with Gasteiger partial charge in [0.15, 0.2) is 0 Å². The topological polar surface area (TPSA) is 35.6 Å². The third-order valence-corrected chi connectivity index (χ3v) is 5.95. The Hall–Kier alpha value is -0.850. The summed E-state index contributed by atoms with van der Waals surface area (Å²) in [6.45, 7) is 6.22. The number of rotatable bonds is 5. The van der Waals surface area contributed by atoms with E-state index in [1.165, 1.54) is 11.3 Å². The molecule has 1 saturated heterocycles. The predicted octanol–water partition coefficient (Wildman–Crippen LogP) is 3.34. The highest BCUT2D eigenvalue weighted by Crippen LogP contribution is 2.34. The molecule has 2 aromatic rings. The smallest absolute Gasteiger partial charge is 0.262 e. The monoisotopic (exact) mass is 387 g/mol. The zero-order chi connectivity index (χ0) is 16.2. The highest BCUT2D eigenvalue weighted by molar-refractivity contribution is 7.21. The molecule has 0 atom stereocenters. The molecule has 1 fully saturated rings. The van der Waals surface area contributed by atoms with Crippen molar-refractivity contribution in [3.8, 4) is 0 Å². The third kappa shape index (κ3) is 4.61. The van der Waals surface area contributed by atoms with Crippen molar-refractivity contribution < 1.29 is 4.79 Å². The molecule has 0 aliphatic carbocycles. The van der Waals surface area contributed by atoms with Crippen molar-refractivity contribution in [3.05, 3.63) is 34.2 Å². The molecule has 1 amide bonds. The number of thiophene rings is 1. The second kappa shape index (κ2) is 9.02. The summed E-state index contributed by atoms with van der Waals surface area (Å²) in [5.41, 5.74) is 0. The molecule has 24 heavy (non-hydrogen) atoms. The quantitative estimate of drug-likeness (QED) is 0.798. The lowest BCUT2D eigenvalue weighted by Gasteiger charge is -2.32. The number of piperazine rings is 1. The zero-order valence-electron chi connectivity index (χ0n) is 13.8. The van der Waals surface area contributed by atoms with Gasteiger partial charge < -0.3 is 15.1 Å². The fraction of sp³-hybridized carbons (Fsp3) is 0.471. The molecule has 2 heterocycles. The fourth-order valence-corrected chi connectivity index (χ4v) is 4.25. The Bertz CT molecular complexity index is 684. The second-order valence-electron chi connectivity index (χ2n) is 6.00. The number of nitrogens with zero attached hydrogens (tertiary/aromatic N) is 2. The Morgan fingerprint density at radius 2 is 1.96 bits per heavy atom. The first-order valence-electron chi connectivity index (χ1n) is 8.01. The Balaban J connectivity index is 0.00000208. The molecule has 0 spiro atoms. The summed E-state index contributed by atoms with van der Waals surface area (Å²) in [6, 6.07) is 7.86. The molecule has 1 aliphatic heterocycles. The van der Waals surface area contributed by atoms with E-state index in [0.717, 1.165) is 49.2 Å². The minimum absolute atomic E-state index is 0. The number of nitrogens with one attached hydrogen (secondary N) is 1. The van der Waals surface area contributed by atoms with E-state index in [2.05, 4.69) is 22.2 Å². The van der Waals surface area contributed by atoms with E-state index < -0.39 is 0 Å². The van der Waals surface area contributed by atoms with E-state index in [1.807, 2.05) is 24.3 Å². The van der Waals surface area contributed by atoms with Gasteiger partial charge in [-0.05, 0) is 26.1 Å². The van der Waals surface area contributed by atoms with Gasteiger partial charge in [0.25, 0.3) is 5.91 Å². The summed E-state index contributed by atoms with van der Waals surface area (Å²) in [7, 11) is 2.16. The largest absolute Gasteiger partial charge is 0.351 e. The third-order valence-electron chi connectivity index (χ3n) is 4.27. The van der Waals surface area contributed by atoms with Crippen LogP contribution in [-0.2, 0) is 0 Å². The van der Waals surface area contributed by atoms with Crippen molar-refractivity contribution in [1.29, 1.82) is 0 Å². The fourth-order valence-electron chi connectivity index (χ4n) is 2.82. The average molecular weight is 388 g/mol. The van der Waals surface area contributed by atoms with Crippen LogP contribution in [0.5, 0.6) is 0 Å². The maximum absolute atomic E-state index is 12.3. The van der Waals surface area contributed by atoms with E-state index in [-0.39, 0.29) is 18.3 Å². The van der Waals surface area contributed by atoms with Crippen molar-refractivity contribution >= 4 is 51.3 Å². The van der Waals surface area contributed by atoms with E-state index >= 15 is 0 Å². The molecular formula is C17H23Cl2N3OS. The lowest BCUT2D eigenvalue weighted by Crippen LogP contribution is -2.45. The van der Waals surface area contributed by atoms with Crippen molar-refractivity contribution in [1.82, 2.24) is 15.1 Å². The van der Waals surface area contributed by atoms with E-state index in [0.29, 0.717) is 16.4 Å². The molecule has 0 saturated carbocycles. The molecule has 1 aromatic heterocycles. The van der Waals surface area contributed by atoms with Gasteiger partial charge in [-0.25, -0.2) is 0 Å². The first kappa shape index (κ1) is 19.5. The Labute approximate surface area is 158 Å². The predicted molar refractivity (Wildman–Crippen MR) is 105 cm³/mol. The molecule has 1 aromatic carbocycles. The van der Waals surface area contributed by atoms with Crippen LogP contribution in [-0.4, -0.2) is 62.0 Å².